The topological polar surface area (TPSA) is 20.2 Å². The van der Waals surface area contributed by atoms with Gasteiger partial charge in [-0.3, -0.25) is 0 Å². The Morgan fingerprint density at radius 2 is 1.72 bits per heavy atom. The Morgan fingerprint density at radius 1 is 1.11 bits per heavy atom. The Morgan fingerprint density at radius 3 is 2.28 bits per heavy atom. The Kier molecular flexibility index (Phi) is 4.00. The summed E-state index contributed by atoms with van der Waals surface area (Å²) >= 11 is 9.04. The van der Waals surface area contributed by atoms with Crippen molar-refractivity contribution in [3.8, 4) is 0 Å². The van der Waals surface area contributed by atoms with Gasteiger partial charge in [-0.2, -0.15) is 0 Å². The summed E-state index contributed by atoms with van der Waals surface area (Å²) in [7, 11) is 0. The van der Waals surface area contributed by atoms with Crippen LogP contribution < -0.4 is 0 Å². The van der Waals surface area contributed by atoms with Crippen molar-refractivity contribution in [2.24, 2.45) is 0 Å². The second-order valence-electron chi connectivity index (χ2n) is 3.74. The van der Waals surface area contributed by atoms with Gasteiger partial charge in [-0.15, -0.1) is 0 Å². The van der Waals surface area contributed by atoms with Crippen molar-refractivity contribution in [2.45, 2.75) is 6.10 Å². The predicted molar refractivity (Wildman–Crippen MR) is 69.6 cm³/mol. The fourth-order valence-corrected chi connectivity index (χ4v) is 2.56. The summed E-state index contributed by atoms with van der Waals surface area (Å²) in [6, 6.07) is 8.08. The molecule has 1 unspecified atom stereocenters. The van der Waals surface area contributed by atoms with Gasteiger partial charge in [0.2, 0.25) is 0 Å². The van der Waals surface area contributed by atoms with Crippen molar-refractivity contribution >= 4 is 27.5 Å². The van der Waals surface area contributed by atoms with E-state index in [9.17, 15) is 13.9 Å². The molecule has 2 rings (SSSR count). The van der Waals surface area contributed by atoms with E-state index in [2.05, 4.69) is 15.9 Å². The minimum atomic E-state index is -1.40. The average molecular weight is 334 g/mol. The highest BCUT2D eigenvalue weighted by Crippen LogP contribution is 2.30. The Bertz CT molecular complexity index is 549. The first-order valence-corrected chi connectivity index (χ1v) is 6.24. The molecule has 0 spiro atoms. The van der Waals surface area contributed by atoms with Crippen LogP contribution in [0.4, 0.5) is 8.78 Å². The first-order valence-electron chi connectivity index (χ1n) is 5.07. The van der Waals surface area contributed by atoms with Crippen LogP contribution in [0.25, 0.3) is 0 Å². The van der Waals surface area contributed by atoms with E-state index in [1.165, 1.54) is 12.1 Å². The van der Waals surface area contributed by atoms with Gasteiger partial charge in [-0.25, -0.2) is 8.78 Å². The average Bonchev–Trinajstić information content (AvgIpc) is 2.27. The lowest BCUT2D eigenvalue weighted by Crippen LogP contribution is -2.05. The quantitative estimate of drug-likeness (QED) is 0.860. The normalized spacial score (nSPS) is 12.5. The summed E-state index contributed by atoms with van der Waals surface area (Å²) in [6.07, 6.45) is -1.40. The zero-order valence-corrected chi connectivity index (χ0v) is 11.3. The number of halogens is 4. The number of aliphatic hydroxyl groups excluding tert-OH is 1. The molecule has 18 heavy (non-hydrogen) atoms. The molecule has 1 N–H and O–H groups in total. The second kappa shape index (κ2) is 5.34. The molecule has 0 fully saturated rings. The van der Waals surface area contributed by atoms with Gasteiger partial charge in [0.1, 0.15) is 17.7 Å². The van der Waals surface area contributed by atoms with Crippen LogP contribution in [0.2, 0.25) is 5.02 Å². The van der Waals surface area contributed by atoms with E-state index in [4.69, 9.17) is 11.6 Å². The van der Waals surface area contributed by atoms with E-state index in [1.54, 1.807) is 12.1 Å². The lowest BCUT2D eigenvalue weighted by atomic mass is 10.0. The van der Waals surface area contributed by atoms with Crippen molar-refractivity contribution < 1.29 is 13.9 Å². The summed E-state index contributed by atoms with van der Waals surface area (Å²) < 4.78 is 27.7. The lowest BCUT2D eigenvalue weighted by molar-refractivity contribution is 0.209. The van der Waals surface area contributed by atoms with E-state index in [0.29, 0.717) is 15.1 Å². The van der Waals surface area contributed by atoms with Crippen LogP contribution in [0.15, 0.2) is 40.9 Å². The van der Waals surface area contributed by atoms with Crippen LogP contribution >= 0.6 is 27.5 Å². The molecule has 2 aromatic carbocycles. The maximum atomic E-state index is 13.5. The molecule has 0 aliphatic rings. The summed E-state index contributed by atoms with van der Waals surface area (Å²) in [6.45, 7) is 0. The second-order valence-corrected chi connectivity index (χ2v) is 5.09. The van der Waals surface area contributed by atoms with Crippen molar-refractivity contribution in [2.75, 3.05) is 0 Å². The van der Waals surface area contributed by atoms with Gasteiger partial charge in [0.05, 0.1) is 5.56 Å². The summed E-state index contributed by atoms with van der Waals surface area (Å²) in [5.41, 5.74) is -0.0648. The minimum Gasteiger partial charge on any atom is -0.383 e. The summed E-state index contributed by atoms with van der Waals surface area (Å²) in [5, 5.41) is 10.4. The minimum absolute atomic E-state index is 0.318. The zero-order chi connectivity index (χ0) is 13.3. The molecule has 0 saturated carbocycles. The first kappa shape index (κ1) is 13.5. The van der Waals surface area contributed by atoms with E-state index < -0.39 is 17.7 Å². The molecular weight excluding hydrogens is 325 g/mol. The lowest BCUT2D eigenvalue weighted by Gasteiger charge is -2.14. The van der Waals surface area contributed by atoms with Crippen molar-refractivity contribution in [3.63, 3.8) is 0 Å². The third-order valence-electron chi connectivity index (χ3n) is 2.47. The molecule has 1 atom stereocenters. The van der Waals surface area contributed by atoms with E-state index >= 15 is 0 Å². The highest BCUT2D eigenvalue weighted by molar-refractivity contribution is 9.10. The summed E-state index contributed by atoms with van der Waals surface area (Å²) in [5.74, 6) is -1.59. The Balaban J connectivity index is 2.51. The fraction of sp³-hybridized carbons (Fsp3) is 0.0769. The monoisotopic (exact) mass is 332 g/mol. The number of aliphatic hydroxyl groups is 1. The number of benzene rings is 2. The van der Waals surface area contributed by atoms with E-state index in [0.717, 1.165) is 12.1 Å². The summed E-state index contributed by atoms with van der Waals surface area (Å²) in [4.78, 5) is 0. The third-order valence-corrected chi connectivity index (χ3v) is 3.15. The Hall–Kier alpha value is -0.970. The van der Waals surface area contributed by atoms with E-state index in [1.807, 2.05) is 0 Å². The molecule has 2 aromatic rings. The SMILES string of the molecule is OC(c1cc(Cl)cc(Br)c1)c1c(F)cccc1F. The standard InChI is InChI=1S/C13H8BrClF2O/c14-8-4-7(5-9(15)6-8)13(18)12-10(16)2-1-3-11(12)17/h1-6,13,18H. The zero-order valence-electron chi connectivity index (χ0n) is 9.00. The van der Waals surface area contributed by atoms with Crippen molar-refractivity contribution in [1.29, 1.82) is 0 Å². The van der Waals surface area contributed by atoms with Gasteiger partial charge in [-0.05, 0) is 35.9 Å². The number of hydrogen-bond donors (Lipinski definition) is 1. The van der Waals surface area contributed by atoms with Crippen LogP contribution in [0.1, 0.15) is 17.2 Å². The van der Waals surface area contributed by atoms with Crippen LogP contribution in [0.3, 0.4) is 0 Å². The fourth-order valence-electron chi connectivity index (χ4n) is 1.67. The molecule has 0 aliphatic carbocycles. The van der Waals surface area contributed by atoms with Crippen LogP contribution in [-0.4, -0.2) is 5.11 Å². The highest BCUT2D eigenvalue weighted by atomic mass is 79.9. The molecule has 1 nitrogen and oxygen atoms in total. The molecule has 94 valence electrons. The predicted octanol–water partition coefficient (Wildman–Crippen LogP) is 4.46. The van der Waals surface area contributed by atoms with Gasteiger partial charge in [0.25, 0.3) is 0 Å². The number of hydrogen-bond acceptors (Lipinski definition) is 1. The molecule has 0 bridgehead atoms. The molecule has 0 radical (unpaired) electrons. The molecule has 0 amide bonds. The van der Waals surface area contributed by atoms with E-state index in [-0.39, 0.29) is 5.56 Å². The number of rotatable bonds is 2. The maximum absolute atomic E-state index is 13.5. The van der Waals surface area contributed by atoms with Crippen LogP contribution in [0.5, 0.6) is 0 Å². The largest absolute Gasteiger partial charge is 0.383 e. The molecule has 0 aliphatic heterocycles. The molecule has 0 heterocycles. The van der Waals surface area contributed by atoms with Crippen LogP contribution in [-0.2, 0) is 0 Å². The van der Waals surface area contributed by atoms with Gasteiger partial charge >= 0.3 is 0 Å². The van der Waals surface area contributed by atoms with Crippen molar-refractivity contribution in [1.82, 2.24) is 0 Å². The smallest absolute Gasteiger partial charge is 0.132 e. The van der Waals surface area contributed by atoms with Gasteiger partial charge in [0.15, 0.2) is 0 Å². The van der Waals surface area contributed by atoms with Crippen molar-refractivity contribution in [3.05, 3.63) is 68.7 Å². The van der Waals surface area contributed by atoms with Gasteiger partial charge in [0, 0.05) is 9.50 Å². The van der Waals surface area contributed by atoms with Gasteiger partial charge < -0.3 is 5.11 Å². The molecule has 0 aromatic heterocycles. The first-order chi connectivity index (χ1) is 8.49. The van der Waals surface area contributed by atoms with Crippen LogP contribution in [0, 0.1) is 11.6 Å². The third kappa shape index (κ3) is 2.71. The molecule has 5 heteroatoms. The maximum Gasteiger partial charge on any atom is 0.132 e. The van der Waals surface area contributed by atoms with Gasteiger partial charge in [-0.1, -0.05) is 33.6 Å². The molecular formula is C13H8BrClF2O. The highest BCUT2D eigenvalue weighted by Gasteiger charge is 2.20. The Labute approximate surface area is 116 Å². The molecule has 0 saturated heterocycles.